The molecular formula is C18H20N2O3. The van der Waals surface area contributed by atoms with E-state index >= 15 is 0 Å². The van der Waals surface area contributed by atoms with E-state index in [9.17, 15) is 4.79 Å². The standard InChI is InChI=1S/C18H20N2O3/c1-13-6-4-5-7-15(13)12-19-23-14(2)18(21)20-16-8-10-17(22-3)11-9-16/h4-12,14H,1-3H3,(H,20,21)/b19-12+. The molecule has 1 amide bonds. The van der Waals surface area contributed by atoms with E-state index in [1.165, 1.54) is 0 Å². The summed E-state index contributed by atoms with van der Waals surface area (Å²) in [6, 6.07) is 14.9. The topological polar surface area (TPSA) is 59.9 Å². The molecule has 2 rings (SSSR count). The molecule has 0 bridgehead atoms. The third-order valence-electron chi connectivity index (χ3n) is 3.33. The molecule has 5 nitrogen and oxygen atoms in total. The van der Waals surface area contributed by atoms with Gasteiger partial charge >= 0.3 is 0 Å². The minimum Gasteiger partial charge on any atom is -0.497 e. The highest BCUT2D eigenvalue weighted by molar-refractivity contribution is 5.94. The third kappa shape index (κ3) is 4.85. The fourth-order valence-electron chi connectivity index (χ4n) is 1.88. The van der Waals surface area contributed by atoms with Crippen LogP contribution >= 0.6 is 0 Å². The third-order valence-corrected chi connectivity index (χ3v) is 3.33. The number of nitrogens with zero attached hydrogens (tertiary/aromatic N) is 1. The van der Waals surface area contributed by atoms with Gasteiger partial charge in [-0.2, -0.15) is 0 Å². The zero-order valence-electron chi connectivity index (χ0n) is 13.4. The number of carbonyl (C=O) groups is 1. The lowest BCUT2D eigenvalue weighted by atomic mass is 10.1. The summed E-state index contributed by atoms with van der Waals surface area (Å²) in [6.45, 7) is 3.63. The molecule has 2 aromatic rings. The number of hydrogen-bond donors (Lipinski definition) is 1. The molecule has 1 N–H and O–H groups in total. The van der Waals surface area contributed by atoms with Crippen LogP contribution in [0.25, 0.3) is 0 Å². The number of ether oxygens (including phenoxy) is 1. The van der Waals surface area contributed by atoms with Crippen molar-refractivity contribution in [3.05, 3.63) is 59.7 Å². The van der Waals surface area contributed by atoms with Crippen molar-refractivity contribution in [2.45, 2.75) is 20.0 Å². The highest BCUT2D eigenvalue weighted by Crippen LogP contribution is 2.15. The lowest BCUT2D eigenvalue weighted by molar-refractivity contribution is -0.126. The highest BCUT2D eigenvalue weighted by atomic mass is 16.6. The van der Waals surface area contributed by atoms with Crippen molar-refractivity contribution in [3.8, 4) is 5.75 Å². The predicted molar refractivity (Wildman–Crippen MR) is 90.9 cm³/mol. The summed E-state index contributed by atoms with van der Waals surface area (Å²) >= 11 is 0. The second-order valence-corrected chi connectivity index (χ2v) is 5.06. The Kier molecular flexibility index (Phi) is 5.74. The average molecular weight is 312 g/mol. The van der Waals surface area contributed by atoms with Crippen molar-refractivity contribution < 1.29 is 14.4 Å². The van der Waals surface area contributed by atoms with Gasteiger partial charge in [-0.05, 0) is 49.2 Å². The molecule has 0 saturated heterocycles. The van der Waals surface area contributed by atoms with Gasteiger partial charge in [-0.1, -0.05) is 29.4 Å². The number of carbonyl (C=O) groups excluding carboxylic acids is 1. The van der Waals surface area contributed by atoms with Gasteiger partial charge in [-0.25, -0.2) is 0 Å². The molecule has 0 radical (unpaired) electrons. The van der Waals surface area contributed by atoms with E-state index in [1.807, 2.05) is 31.2 Å². The first-order chi connectivity index (χ1) is 11.1. The summed E-state index contributed by atoms with van der Waals surface area (Å²) in [5.41, 5.74) is 2.72. The maximum absolute atomic E-state index is 12.0. The van der Waals surface area contributed by atoms with Gasteiger partial charge in [0.15, 0.2) is 0 Å². The van der Waals surface area contributed by atoms with Gasteiger partial charge < -0.3 is 14.9 Å². The second kappa shape index (κ2) is 7.98. The Balaban J connectivity index is 1.88. The second-order valence-electron chi connectivity index (χ2n) is 5.06. The molecule has 120 valence electrons. The van der Waals surface area contributed by atoms with Crippen LogP contribution in [0.1, 0.15) is 18.1 Å². The average Bonchev–Trinajstić information content (AvgIpc) is 2.57. The van der Waals surface area contributed by atoms with Crippen LogP contribution in [-0.4, -0.2) is 25.3 Å². The maximum Gasteiger partial charge on any atom is 0.267 e. The Bertz CT molecular complexity index is 681. The largest absolute Gasteiger partial charge is 0.497 e. The summed E-state index contributed by atoms with van der Waals surface area (Å²) in [5, 5.41) is 6.65. The van der Waals surface area contributed by atoms with Crippen molar-refractivity contribution in [1.82, 2.24) is 0 Å². The Morgan fingerprint density at radius 3 is 2.52 bits per heavy atom. The molecule has 0 aliphatic carbocycles. The minimum absolute atomic E-state index is 0.267. The van der Waals surface area contributed by atoms with Crippen LogP contribution in [0.4, 0.5) is 5.69 Å². The molecule has 0 heterocycles. The summed E-state index contributed by atoms with van der Waals surface area (Å²) in [4.78, 5) is 17.2. The van der Waals surface area contributed by atoms with Crippen molar-refractivity contribution in [1.29, 1.82) is 0 Å². The van der Waals surface area contributed by atoms with E-state index in [1.54, 1.807) is 44.5 Å². The number of aryl methyl sites for hydroxylation is 1. The van der Waals surface area contributed by atoms with Crippen LogP contribution in [0.3, 0.4) is 0 Å². The van der Waals surface area contributed by atoms with Gasteiger partial charge in [0.2, 0.25) is 6.10 Å². The summed E-state index contributed by atoms with van der Waals surface area (Å²) < 4.78 is 5.07. The molecule has 1 atom stereocenters. The Labute approximate surface area is 135 Å². The summed E-state index contributed by atoms with van der Waals surface area (Å²) in [6.07, 6.45) is 0.907. The van der Waals surface area contributed by atoms with Crippen molar-refractivity contribution in [3.63, 3.8) is 0 Å². The monoisotopic (exact) mass is 312 g/mol. The smallest absolute Gasteiger partial charge is 0.267 e. The van der Waals surface area contributed by atoms with E-state index in [2.05, 4.69) is 10.5 Å². The van der Waals surface area contributed by atoms with Gasteiger partial charge in [0.05, 0.1) is 13.3 Å². The lowest BCUT2D eigenvalue weighted by Gasteiger charge is -2.11. The number of methoxy groups -OCH3 is 1. The maximum atomic E-state index is 12.0. The van der Waals surface area contributed by atoms with Gasteiger partial charge in [0.25, 0.3) is 5.91 Å². The lowest BCUT2D eigenvalue weighted by Crippen LogP contribution is -2.26. The molecule has 0 fully saturated rings. The highest BCUT2D eigenvalue weighted by Gasteiger charge is 2.14. The molecule has 2 aromatic carbocycles. The number of hydrogen-bond acceptors (Lipinski definition) is 4. The quantitative estimate of drug-likeness (QED) is 0.657. The molecule has 23 heavy (non-hydrogen) atoms. The number of rotatable bonds is 6. The van der Waals surface area contributed by atoms with Crippen LogP contribution in [0, 0.1) is 6.92 Å². The van der Waals surface area contributed by atoms with Crippen molar-refractivity contribution >= 4 is 17.8 Å². The van der Waals surface area contributed by atoms with Gasteiger partial charge in [0, 0.05) is 5.69 Å². The first kappa shape index (κ1) is 16.5. The molecule has 0 aromatic heterocycles. The Hall–Kier alpha value is -2.82. The van der Waals surface area contributed by atoms with Gasteiger partial charge in [0.1, 0.15) is 5.75 Å². The van der Waals surface area contributed by atoms with Gasteiger partial charge in [-0.3, -0.25) is 4.79 Å². The number of benzene rings is 2. The van der Waals surface area contributed by atoms with Crippen LogP contribution in [0.5, 0.6) is 5.75 Å². The van der Waals surface area contributed by atoms with E-state index < -0.39 is 6.10 Å². The molecule has 0 aliphatic rings. The Morgan fingerprint density at radius 2 is 1.87 bits per heavy atom. The van der Waals surface area contributed by atoms with E-state index in [0.29, 0.717) is 5.69 Å². The zero-order valence-corrected chi connectivity index (χ0v) is 13.4. The molecular weight excluding hydrogens is 292 g/mol. The van der Waals surface area contributed by atoms with Crippen LogP contribution in [-0.2, 0) is 9.63 Å². The van der Waals surface area contributed by atoms with E-state index in [0.717, 1.165) is 16.9 Å². The molecule has 5 heteroatoms. The number of anilines is 1. The predicted octanol–water partition coefficient (Wildman–Crippen LogP) is 3.38. The van der Waals surface area contributed by atoms with Crippen LogP contribution in [0.2, 0.25) is 0 Å². The summed E-state index contributed by atoms with van der Waals surface area (Å²) in [7, 11) is 1.59. The molecule has 0 aliphatic heterocycles. The first-order valence-corrected chi connectivity index (χ1v) is 7.30. The SMILES string of the molecule is COc1ccc(NC(=O)C(C)O/N=C/c2ccccc2C)cc1. The van der Waals surface area contributed by atoms with Crippen molar-refractivity contribution in [2.24, 2.45) is 5.16 Å². The fourth-order valence-corrected chi connectivity index (χ4v) is 1.88. The van der Waals surface area contributed by atoms with Crippen molar-refractivity contribution in [2.75, 3.05) is 12.4 Å². The van der Waals surface area contributed by atoms with Gasteiger partial charge in [-0.15, -0.1) is 0 Å². The zero-order chi connectivity index (χ0) is 16.7. The fraction of sp³-hybridized carbons (Fsp3) is 0.222. The van der Waals surface area contributed by atoms with Crippen LogP contribution < -0.4 is 10.1 Å². The number of oxime groups is 1. The normalized spacial score (nSPS) is 12.0. The number of nitrogens with one attached hydrogen (secondary N) is 1. The van der Waals surface area contributed by atoms with Crippen LogP contribution in [0.15, 0.2) is 53.7 Å². The van der Waals surface area contributed by atoms with E-state index in [-0.39, 0.29) is 5.91 Å². The van der Waals surface area contributed by atoms with E-state index in [4.69, 9.17) is 9.57 Å². The molecule has 0 saturated carbocycles. The first-order valence-electron chi connectivity index (χ1n) is 7.30. The molecule has 0 spiro atoms. The minimum atomic E-state index is -0.697. The Morgan fingerprint density at radius 1 is 1.17 bits per heavy atom. The summed E-state index contributed by atoms with van der Waals surface area (Å²) in [5.74, 6) is 0.465. The molecule has 1 unspecified atom stereocenters. The number of amides is 1.